The second kappa shape index (κ2) is 6.74. The fourth-order valence-corrected chi connectivity index (χ4v) is 3.61. The van der Waals surface area contributed by atoms with Gasteiger partial charge in [-0.05, 0) is 40.2 Å². The standard InChI is InChI=1S/C16H12BrFN2O2S/c1-22-8-10-14-11(18)3-2-4-12(14)23-15(10)16(21)20-13-6-5-9(17)7-19-13/h2-7H,8H2,1H3,(H,19,20,21). The minimum Gasteiger partial charge on any atom is -0.380 e. The Morgan fingerprint density at radius 2 is 2.22 bits per heavy atom. The predicted molar refractivity (Wildman–Crippen MR) is 92.4 cm³/mol. The van der Waals surface area contributed by atoms with Crippen molar-refractivity contribution in [3.05, 3.63) is 57.3 Å². The van der Waals surface area contributed by atoms with Crippen LogP contribution in [0, 0.1) is 5.82 Å². The first-order chi connectivity index (χ1) is 11.1. The lowest BCUT2D eigenvalue weighted by atomic mass is 10.1. The van der Waals surface area contributed by atoms with Crippen LogP contribution in [0.1, 0.15) is 15.2 Å². The van der Waals surface area contributed by atoms with Crippen LogP contribution in [0.15, 0.2) is 41.0 Å². The van der Waals surface area contributed by atoms with E-state index in [0.717, 1.165) is 4.47 Å². The van der Waals surface area contributed by atoms with Gasteiger partial charge >= 0.3 is 0 Å². The Labute approximate surface area is 144 Å². The van der Waals surface area contributed by atoms with Crippen molar-refractivity contribution in [3.63, 3.8) is 0 Å². The summed E-state index contributed by atoms with van der Waals surface area (Å²) in [6.45, 7) is 0.164. The lowest BCUT2D eigenvalue weighted by Crippen LogP contribution is -2.13. The number of aromatic nitrogens is 1. The van der Waals surface area contributed by atoms with E-state index in [0.29, 0.717) is 26.3 Å². The number of anilines is 1. The Morgan fingerprint density at radius 1 is 1.39 bits per heavy atom. The molecule has 0 radical (unpaired) electrons. The lowest BCUT2D eigenvalue weighted by Gasteiger charge is -2.06. The number of nitrogens with zero attached hydrogens (tertiary/aromatic N) is 1. The number of benzene rings is 1. The van der Waals surface area contributed by atoms with Gasteiger partial charge in [-0.2, -0.15) is 0 Å². The summed E-state index contributed by atoms with van der Waals surface area (Å²) >= 11 is 4.53. The van der Waals surface area contributed by atoms with Crippen LogP contribution in [0.25, 0.3) is 10.1 Å². The number of thiophene rings is 1. The Bertz CT molecular complexity index is 864. The summed E-state index contributed by atoms with van der Waals surface area (Å²) in [6.07, 6.45) is 1.59. The van der Waals surface area contributed by atoms with Gasteiger partial charge in [0.2, 0.25) is 0 Å². The SMILES string of the molecule is COCc1c(C(=O)Nc2ccc(Br)cn2)sc2cccc(F)c12. The van der Waals surface area contributed by atoms with Crippen LogP contribution >= 0.6 is 27.3 Å². The van der Waals surface area contributed by atoms with Gasteiger partial charge in [0.25, 0.3) is 5.91 Å². The van der Waals surface area contributed by atoms with Crippen molar-refractivity contribution >= 4 is 49.1 Å². The predicted octanol–water partition coefficient (Wildman–Crippen LogP) is 4.60. The molecule has 1 N–H and O–H groups in total. The number of hydrogen-bond donors (Lipinski definition) is 1. The minimum absolute atomic E-state index is 0.164. The average Bonchev–Trinajstić information content (AvgIpc) is 2.90. The van der Waals surface area contributed by atoms with Crippen LogP contribution in [0.5, 0.6) is 0 Å². The first-order valence-corrected chi connectivity index (χ1v) is 8.33. The molecule has 0 saturated carbocycles. The normalized spacial score (nSPS) is 10.9. The van der Waals surface area contributed by atoms with Crippen LogP contribution in [0.4, 0.5) is 10.2 Å². The van der Waals surface area contributed by atoms with Gasteiger partial charge in [-0.15, -0.1) is 11.3 Å². The highest BCUT2D eigenvalue weighted by Gasteiger charge is 2.21. The molecule has 0 unspecified atom stereocenters. The molecule has 0 saturated heterocycles. The fourth-order valence-electron chi connectivity index (χ4n) is 2.26. The zero-order valence-corrected chi connectivity index (χ0v) is 14.5. The molecule has 0 aliphatic heterocycles. The van der Waals surface area contributed by atoms with Gasteiger partial charge in [0.05, 0.1) is 11.5 Å². The number of fused-ring (bicyclic) bond motifs is 1. The van der Waals surface area contributed by atoms with E-state index >= 15 is 0 Å². The van der Waals surface area contributed by atoms with E-state index in [9.17, 15) is 9.18 Å². The molecular formula is C16H12BrFN2O2S. The number of amides is 1. The smallest absolute Gasteiger partial charge is 0.267 e. The van der Waals surface area contributed by atoms with Gasteiger partial charge in [-0.1, -0.05) is 6.07 Å². The molecule has 4 nitrogen and oxygen atoms in total. The third-order valence-electron chi connectivity index (χ3n) is 3.23. The van der Waals surface area contributed by atoms with Gasteiger partial charge in [0.15, 0.2) is 0 Å². The van der Waals surface area contributed by atoms with Crippen molar-refractivity contribution in [1.82, 2.24) is 4.98 Å². The van der Waals surface area contributed by atoms with Gasteiger partial charge in [0.1, 0.15) is 11.6 Å². The Balaban J connectivity index is 2.01. The first kappa shape index (κ1) is 16.0. The number of pyridine rings is 1. The summed E-state index contributed by atoms with van der Waals surface area (Å²) in [5.74, 6) is -0.251. The quantitative estimate of drug-likeness (QED) is 0.703. The number of hydrogen-bond acceptors (Lipinski definition) is 4. The second-order valence-corrected chi connectivity index (χ2v) is 6.74. The average molecular weight is 395 g/mol. The molecule has 0 aliphatic carbocycles. The Morgan fingerprint density at radius 3 is 2.91 bits per heavy atom. The molecule has 1 amide bonds. The largest absolute Gasteiger partial charge is 0.380 e. The van der Waals surface area contributed by atoms with Crippen molar-refractivity contribution in [3.8, 4) is 0 Å². The monoisotopic (exact) mass is 394 g/mol. The maximum atomic E-state index is 14.1. The molecule has 0 bridgehead atoms. The summed E-state index contributed by atoms with van der Waals surface area (Å²) in [7, 11) is 1.52. The number of nitrogens with one attached hydrogen (secondary N) is 1. The molecule has 0 fully saturated rings. The molecule has 23 heavy (non-hydrogen) atoms. The van der Waals surface area contributed by atoms with Gasteiger partial charge in [-0.25, -0.2) is 9.37 Å². The van der Waals surface area contributed by atoms with Gasteiger partial charge in [0, 0.05) is 33.4 Å². The topological polar surface area (TPSA) is 51.2 Å². The van der Waals surface area contributed by atoms with E-state index in [-0.39, 0.29) is 18.3 Å². The third kappa shape index (κ3) is 3.26. The van der Waals surface area contributed by atoms with E-state index in [1.807, 2.05) is 0 Å². The highest BCUT2D eigenvalue weighted by atomic mass is 79.9. The zero-order valence-electron chi connectivity index (χ0n) is 12.1. The maximum absolute atomic E-state index is 14.1. The van der Waals surface area contributed by atoms with Crippen LogP contribution < -0.4 is 5.32 Å². The third-order valence-corrected chi connectivity index (χ3v) is 4.89. The van der Waals surface area contributed by atoms with E-state index in [4.69, 9.17) is 4.74 Å². The summed E-state index contributed by atoms with van der Waals surface area (Å²) in [5.41, 5.74) is 0.556. The van der Waals surface area contributed by atoms with Crippen LogP contribution in [0.2, 0.25) is 0 Å². The second-order valence-electron chi connectivity index (χ2n) is 4.77. The molecule has 3 rings (SSSR count). The van der Waals surface area contributed by atoms with Crippen LogP contribution in [-0.2, 0) is 11.3 Å². The van der Waals surface area contributed by atoms with E-state index < -0.39 is 0 Å². The van der Waals surface area contributed by atoms with Crippen molar-refractivity contribution in [2.75, 3.05) is 12.4 Å². The van der Waals surface area contributed by atoms with Gasteiger partial charge < -0.3 is 10.1 Å². The molecule has 0 spiro atoms. The molecule has 1 aromatic carbocycles. The van der Waals surface area contributed by atoms with Gasteiger partial charge in [-0.3, -0.25) is 4.79 Å². The van der Waals surface area contributed by atoms with E-state index in [2.05, 4.69) is 26.2 Å². The summed E-state index contributed by atoms with van der Waals surface area (Å²) < 4.78 is 20.8. The first-order valence-electron chi connectivity index (χ1n) is 6.72. The number of carbonyl (C=O) groups is 1. The van der Waals surface area contributed by atoms with E-state index in [1.54, 1.807) is 30.5 Å². The highest BCUT2D eigenvalue weighted by molar-refractivity contribution is 9.10. The number of ether oxygens (including phenoxy) is 1. The molecule has 0 atom stereocenters. The molecule has 3 aromatic rings. The number of rotatable bonds is 4. The Kier molecular flexibility index (Phi) is 4.70. The van der Waals surface area contributed by atoms with Crippen molar-refractivity contribution in [1.29, 1.82) is 0 Å². The molecule has 2 aromatic heterocycles. The molecular weight excluding hydrogens is 383 g/mol. The summed E-state index contributed by atoms with van der Waals surface area (Å²) in [5, 5.41) is 3.16. The van der Waals surface area contributed by atoms with Crippen molar-refractivity contribution in [2.45, 2.75) is 6.61 Å². The summed E-state index contributed by atoms with van der Waals surface area (Å²) in [6, 6.07) is 8.26. The van der Waals surface area contributed by atoms with Crippen molar-refractivity contribution < 1.29 is 13.9 Å². The molecule has 118 valence electrons. The zero-order chi connectivity index (χ0) is 16.4. The number of carbonyl (C=O) groups excluding carboxylic acids is 1. The van der Waals surface area contributed by atoms with Crippen molar-refractivity contribution in [2.24, 2.45) is 0 Å². The number of halogens is 2. The van der Waals surface area contributed by atoms with Crippen LogP contribution in [0.3, 0.4) is 0 Å². The minimum atomic E-state index is -0.355. The Hall–Kier alpha value is -1.83. The maximum Gasteiger partial charge on any atom is 0.267 e. The van der Waals surface area contributed by atoms with Crippen LogP contribution in [-0.4, -0.2) is 18.0 Å². The molecule has 2 heterocycles. The van der Waals surface area contributed by atoms with E-state index in [1.165, 1.54) is 24.5 Å². The number of methoxy groups -OCH3 is 1. The lowest BCUT2D eigenvalue weighted by molar-refractivity contribution is 0.102. The molecule has 7 heteroatoms. The summed E-state index contributed by atoms with van der Waals surface area (Å²) in [4.78, 5) is 17.1. The highest BCUT2D eigenvalue weighted by Crippen LogP contribution is 2.34. The fraction of sp³-hybridized carbons (Fsp3) is 0.125. The molecule has 0 aliphatic rings.